The maximum Gasteiger partial charge on any atom is 0.226 e. The van der Waals surface area contributed by atoms with E-state index in [2.05, 4.69) is 0 Å². The zero-order chi connectivity index (χ0) is 21.7. The number of piperidine rings is 1. The fourth-order valence-corrected chi connectivity index (χ4v) is 5.06. The second kappa shape index (κ2) is 9.56. The average molecular weight is 428 g/mol. The van der Waals surface area contributed by atoms with Crippen LogP contribution in [0.5, 0.6) is 0 Å². The molecule has 160 valence electrons. The molecule has 0 spiro atoms. The topological polar surface area (TPSA) is 71.5 Å². The van der Waals surface area contributed by atoms with Gasteiger partial charge in [-0.1, -0.05) is 54.6 Å². The summed E-state index contributed by atoms with van der Waals surface area (Å²) in [6.45, 7) is 4.63. The molecule has 30 heavy (non-hydrogen) atoms. The summed E-state index contributed by atoms with van der Waals surface area (Å²) in [5.74, 6) is 0.350. The number of benzene rings is 2. The minimum absolute atomic E-state index is 0.0353. The lowest BCUT2D eigenvalue weighted by atomic mass is 9.98. The highest BCUT2D eigenvalue weighted by atomic mass is 32.2. The van der Waals surface area contributed by atoms with Crippen LogP contribution in [0.2, 0.25) is 0 Å². The summed E-state index contributed by atoms with van der Waals surface area (Å²) in [5.41, 5.74) is 2.11. The summed E-state index contributed by atoms with van der Waals surface area (Å²) in [7, 11) is -3.05. The first-order valence-electron chi connectivity index (χ1n) is 10.4. The Morgan fingerprint density at radius 2 is 1.50 bits per heavy atom. The molecule has 0 atom stereocenters. The number of rotatable bonds is 7. The number of ketones is 1. The lowest BCUT2D eigenvalue weighted by Crippen LogP contribution is -2.41. The molecule has 0 N–H and O–H groups in total. The predicted octanol–water partition coefficient (Wildman–Crippen LogP) is 3.52. The monoisotopic (exact) mass is 427 g/mol. The van der Waals surface area contributed by atoms with Gasteiger partial charge in [0.2, 0.25) is 5.91 Å². The summed E-state index contributed by atoms with van der Waals surface area (Å²) in [5, 5.41) is -0.353. The molecule has 1 fully saturated rings. The van der Waals surface area contributed by atoms with E-state index in [0.29, 0.717) is 24.2 Å². The standard InChI is InChI=1S/C24H29NO4S/c1-18(2)30(28,29)17-20-12-14-25(15-13-20)23(26)16-19-8-10-22(11-9-19)24(27)21-6-4-3-5-7-21/h3-11,18,20H,12-17H2,1-2H3. The number of likely N-dealkylation sites (tertiary alicyclic amines) is 1. The fraction of sp³-hybridized carbons (Fsp3) is 0.417. The molecule has 1 heterocycles. The molecule has 1 aliphatic heterocycles. The van der Waals surface area contributed by atoms with Gasteiger partial charge in [-0.15, -0.1) is 0 Å². The summed E-state index contributed by atoms with van der Waals surface area (Å²) in [6.07, 6.45) is 1.74. The van der Waals surface area contributed by atoms with Gasteiger partial charge in [0, 0.05) is 24.2 Å². The normalized spacial score (nSPS) is 15.4. The Hall–Kier alpha value is -2.47. The Labute approximate surface area is 179 Å². The van der Waals surface area contributed by atoms with E-state index in [4.69, 9.17) is 0 Å². The van der Waals surface area contributed by atoms with E-state index >= 15 is 0 Å². The predicted molar refractivity (Wildman–Crippen MR) is 118 cm³/mol. The number of sulfone groups is 1. The Morgan fingerprint density at radius 3 is 2.07 bits per heavy atom. The first kappa shape index (κ1) is 22.2. The number of amides is 1. The maximum atomic E-state index is 12.6. The van der Waals surface area contributed by atoms with E-state index in [0.717, 1.165) is 18.4 Å². The fourth-order valence-electron chi connectivity index (χ4n) is 3.69. The number of carbonyl (C=O) groups is 2. The lowest BCUT2D eigenvalue weighted by molar-refractivity contribution is -0.131. The molecule has 0 saturated carbocycles. The Bertz CT molecular complexity index is 974. The average Bonchev–Trinajstić information content (AvgIpc) is 2.74. The number of nitrogens with zero attached hydrogens (tertiary/aromatic N) is 1. The molecule has 0 bridgehead atoms. The van der Waals surface area contributed by atoms with Crippen LogP contribution in [0.25, 0.3) is 0 Å². The van der Waals surface area contributed by atoms with Crippen LogP contribution in [0.15, 0.2) is 54.6 Å². The molecule has 2 aromatic rings. The van der Waals surface area contributed by atoms with Crippen LogP contribution >= 0.6 is 0 Å². The highest BCUT2D eigenvalue weighted by Gasteiger charge is 2.28. The van der Waals surface area contributed by atoms with Gasteiger partial charge in [0.25, 0.3) is 0 Å². The van der Waals surface area contributed by atoms with Crippen molar-refractivity contribution in [2.24, 2.45) is 5.92 Å². The summed E-state index contributed by atoms with van der Waals surface area (Å²) < 4.78 is 24.2. The summed E-state index contributed by atoms with van der Waals surface area (Å²) >= 11 is 0. The van der Waals surface area contributed by atoms with Crippen molar-refractivity contribution in [1.82, 2.24) is 4.90 Å². The van der Waals surface area contributed by atoms with Crippen LogP contribution < -0.4 is 0 Å². The minimum atomic E-state index is -3.05. The second-order valence-electron chi connectivity index (χ2n) is 8.27. The van der Waals surface area contributed by atoms with Crippen molar-refractivity contribution in [1.29, 1.82) is 0 Å². The van der Waals surface area contributed by atoms with E-state index < -0.39 is 9.84 Å². The molecule has 0 unspecified atom stereocenters. The Morgan fingerprint density at radius 1 is 0.933 bits per heavy atom. The summed E-state index contributed by atoms with van der Waals surface area (Å²) in [6, 6.07) is 16.3. The van der Waals surface area contributed by atoms with Gasteiger partial charge in [0.15, 0.2) is 15.6 Å². The van der Waals surface area contributed by atoms with Crippen molar-refractivity contribution in [3.8, 4) is 0 Å². The molecule has 0 aliphatic carbocycles. The quantitative estimate of drug-likeness (QED) is 0.634. The van der Waals surface area contributed by atoms with E-state index in [9.17, 15) is 18.0 Å². The molecular weight excluding hydrogens is 398 g/mol. The molecule has 0 radical (unpaired) electrons. The van der Waals surface area contributed by atoms with Gasteiger partial charge in [-0.25, -0.2) is 8.42 Å². The highest BCUT2D eigenvalue weighted by Crippen LogP contribution is 2.21. The lowest BCUT2D eigenvalue weighted by Gasteiger charge is -2.32. The van der Waals surface area contributed by atoms with Crippen LogP contribution in [0, 0.1) is 5.92 Å². The van der Waals surface area contributed by atoms with Crippen molar-refractivity contribution in [2.75, 3.05) is 18.8 Å². The number of carbonyl (C=O) groups excluding carboxylic acids is 2. The zero-order valence-corrected chi connectivity index (χ0v) is 18.4. The Kier molecular flexibility index (Phi) is 7.08. The third-order valence-electron chi connectivity index (χ3n) is 5.76. The molecule has 0 aromatic heterocycles. The molecule has 1 amide bonds. The second-order valence-corrected chi connectivity index (χ2v) is 10.9. The number of hydrogen-bond acceptors (Lipinski definition) is 4. The largest absolute Gasteiger partial charge is 0.342 e. The van der Waals surface area contributed by atoms with Gasteiger partial charge >= 0.3 is 0 Å². The van der Waals surface area contributed by atoms with Crippen molar-refractivity contribution in [3.05, 3.63) is 71.3 Å². The smallest absolute Gasteiger partial charge is 0.226 e. The third-order valence-corrected chi connectivity index (χ3v) is 8.13. The van der Waals surface area contributed by atoms with Crippen LogP contribution in [0.1, 0.15) is 48.2 Å². The highest BCUT2D eigenvalue weighted by molar-refractivity contribution is 7.91. The first-order valence-corrected chi connectivity index (χ1v) is 12.2. The third kappa shape index (κ3) is 5.57. The molecule has 1 saturated heterocycles. The van der Waals surface area contributed by atoms with E-state index in [1.54, 1.807) is 38.1 Å². The first-order chi connectivity index (χ1) is 14.3. The van der Waals surface area contributed by atoms with Gasteiger partial charge in [-0.3, -0.25) is 9.59 Å². The van der Waals surface area contributed by atoms with Crippen molar-refractivity contribution < 1.29 is 18.0 Å². The van der Waals surface area contributed by atoms with Crippen molar-refractivity contribution in [2.45, 2.75) is 38.4 Å². The molecule has 2 aromatic carbocycles. The molecule has 1 aliphatic rings. The number of hydrogen-bond donors (Lipinski definition) is 0. The van der Waals surface area contributed by atoms with Gasteiger partial charge < -0.3 is 4.90 Å². The van der Waals surface area contributed by atoms with Crippen LogP contribution in [-0.4, -0.2) is 49.1 Å². The van der Waals surface area contributed by atoms with E-state index in [1.165, 1.54) is 0 Å². The molecule has 3 rings (SSSR count). The van der Waals surface area contributed by atoms with Crippen LogP contribution in [0.4, 0.5) is 0 Å². The zero-order valence-electron chi connectivity index (χ0n) is 17.6. The van der Waals surface area contributed by atoms with Gasteiger partial charge in [0.05, 0.1) is 17.4 Å². The van der Waals surface area contributed by atoms with Gasteiger partial charge in [-0.05, 0) is 38.2 Å². The SMILES string of the molecule is CC(C)S(=O)(=O)CC1CCN(C(=O)Cc2ccc(C(=O)c3ccccc3)cc2)CC1. The van der Waals surface area contributed by atoms with Crippen LogP contribution in [0.3, 0.4) is 0 Å². The van der Waals surface area contributed by atoms with E-state index in [-0.39, 0.29) is 35.0 Å². The summed E-state index contributed by atoms with van der Waals surface area (Å²) in [4.78, 5) is 27.0. The molecule has 5 nitrogen and oxygen atoms in total. The van der Waals surface area contributed by atoms with Gasteiger partial charge in [-0.2, -0.15) is 0 Å². The van der Waals surface area contributed by atoms with Gasteiger partial charge in [0.1, 0.15) is 0 Å². The molecular formula is C24H29NO4S. The minimum Gasteiger partial charge on any atom is -0.342 e. The van der Waals surface area contributed by atoms with Crippen molar-refractivity contribution in [3.63, 3.8) is 0 Å². The maximum absolute atomic E-state index is 12.6. The van der Waals surface area contributed by atoms with Crippen molar-refractivity contribution >= 4 is 21.5 Å². The Balaban J connectivity index is 1.53. The van der Waals surface area contributed by atoms with Crippen LogP contribution in [-0.2, 0) is 21.1 Å². The van der Waals surface area contributed by atoms with E-state index in [1.807, 2.05) is 35.2 Å². The molecule has 6 heteroatoms.